The zero-order valence-corrected chi connectivity index (χ0v) is 19.6. The van der Waals surface area contributed by atoms with Crippen LogP contribution in [0.25, 0.3) is 0 Å². The first-order valence-corrected chi connectivity index (χ1v) is 13.0. The Balaban J connectivity index is 1.19. The van der Waals surface area contributed by atoms with Crippen LogP contribution < -0.4 is 19.7 Å². The van der Waals surface area contributed by atoms with E-state index in [0.717, 1.165) is 12.1 Å². The lowest BCUT2D eigenvalue weighted by Crippen LogP contribution is -2.41. The number of benzene rings is 2. The second kappa shape index (κ2) is 9.27. The SMILES string of the molecule is O=C(Nc1ccc2c(c1)OCCO2)C1CCN(S(=O)(=O)c2ccc(N3CCCC3=O)cc2)CC1. The predicted octanol–water partition coefficient (Wildman–Crippen LogP) is 2.62. The van der Waals surface area contributed by atoms with Crippen molar-refractivity contribution in [3.63, 3.8) is 0 Å². The summed E-state index contributed by atoms with van der Waals surface area (Å²) in [6.45, 7) is 2.17. The van der Waals surface area contributed by atoms with Gasteiger partial charge in [0.1, 0.15) is 13.2 Å². The van der Waals surface area contributed by atoms with Gasteiger partial charge in [-0.15, -0.1) is 0 Å². The summed E-state index contributed by atoms with van der Waals surface area (Å²) >= 11 is 0. The first-order valence-electron chi connectivity index (χ1n) is 11.5. The van der Waals surface area contributed by atoms with E-state index in [9.17, 15) is 18.0 Å². The molecule has 2 fully saturated rings. The van der Waals surface area contributed by atoms with Crippen molar-refractivity contribution in [2.75, 3.05) is 43.1 Å². The van der Waals surface area contributed by atoms with Crippen molar-refractivity contribution >= 4 is 33.2 Å². The summed E-state index contributed by atoms with van der Waals surface area (Å²) in [6, 6.07) is 11.8. The molecule has 0 aliphatic carbocycles. The number of hydrogen-bond donors (Lipinski definition) is 1. The average Bonchev–Trinajstić information content (AvgIpc) is 3.30. The lowest BCUT2D eigenvalue weighted by Gasteiger charge is -2.30. The van der Waals surface area contributed by atoms with Crippen LogP contribution in [0.4, 0.5) is 11.4 Å². The molecule has 0 atom stereocenters. The Morgan fingerprint density at radius 2 is 1.65 bits per heavy atom. The summed E-state index contributed by atoms with van der Waals surface area (Å²) in [4.78, 5) is 26.6. The van der Waals surface area contributed by atoms with Gasteiger partial charge < -0.3 is 19.7 Å². The third-order valence-corrected chi connectivity index (χ3v) is 8.41. The molecular weight excluding hydrogens is 458 g/mol. The Kier molecular flexibility index (Phi) is 6.18. The molecule has 3 aliphatic heterocycles. The van der Waals surface area contributed by atoms with E-state index < -0.39 is 10.0 Å². The molecule has 0 unspecified atom stereocenters. The van der Waals surface area contributed by atoms with Crippen LogP contribution in [0.15, 0.2) is 47.4 Å². The number of nitrogens with zero attached hydrogens (tertiary/aromatic N) is 2. The highest BCUT2D eigenvalue weighted by Crippen LogP contribution is 2.33. The third-order valence-electron chi connectivity index (χ3n) is 6.49. The fourth-order valence-corrected chi connectivity index (χ4v) is 6.06. The number of carbonyl (C=O) groups excluding carboxylic acids is 2. The van der Waals surface area contributed by atoms with Crippen LogP contribution >= 0.6 is 0 Å². The first kappa shape index (κ1) is 22.7. The fourth-order valence-electron chi connectivity index (χ4n) is 4.59. The molecule has 2 saturated heterocycles. The molecule has 0 spiro atoms. The summed E-state index contributed by atoms with van der Waals surface area (Å²) in [7, 11) is -3.67. The molecule has 180 valence electrons. The summed E-state index contributed by atoms with van der Waals surface area (Å²) in [6.07, 6.45) is 2.22. The maximum absolute atomic E-state index is 13.1. The summed E-state index contributed by atoms with van der Waals surface area (Å²) in [5, 5.41) is 2.91. The number of fused-ring (bicyclic) bond motifs is 1. The van der Waals surface area contributed by atoms with E-state index in [1.165, 1.54) is 4.31 Å². The number of piperidine rings is 1. The van der Waals surface area contributed by atoms with Crippen molar-refractivity contribution < 1.29 is 27.5 Å². The Labute approximate surface area is 198 Å². The third kappa shape index (κ3) is 4.47. The van der Waals surface area contributed by atoms with Crippen LogP contribution in [-0.2, 0) is 19.6 Å². The Bertz CT molecular complexity index is 1190. The summed E-state index contributed by atoms with van der Waals surface area (Å²) < 4.78 is 38.7. The lowest BCUT2D eigenvalue weighted by molar-refractivity contribution is -0.121. The van der Waals surface area contributed by atoms with Crippen LogP contribution in [0.5, 0.6) is 11.5 Å². The van der Waals surface area contributed by atoms with Gasteiger partial charge in [0.05, 0.1) is 4.90 Å². The van der Waals surface area contributed by atoms with E-state index in [0.29, 0.717) is 56.2 Å². The zero-order valence-electron chi connectivity index (χ0n) is 18.7. The van der Waals surface area contributed by atoms with Crippen LogP contribution in [-0.4, -0.2) is 57.4 Å². The minimum Gasteiger partial charge on any atom is -0.486 e. The fraction of sp³-hybridized carbons (Fsp3) is 0.417. The molecule has 2 aromatic rings. The van der Waals surface area contributed by atoms with Gasteiger partial charge in [0.15, 0.2) is 11.5 Å². The van der Waals surface area contributed by atoms with E-state index >= 15 is 0 Å². The van der Waals surface area contributed by atoms with Crippen LogP contribution in [0.1, 0.15) is 25.7 Å². The Morgan fingerprint density at radius 3 is 2.32 bits per heavy atom. The topological polar surface area (TPSA) is 105 Å². The highest BCUT2D eigenvalue weighted by Gasteiger charge is 2.32. The molecule has 0 saturated carbocycles. The maximum atomic E-state index is 13.1. The molecule has 9 nitrogen and oxygen atoms in total. The molecule has 0 radical (unpaired) electrons. The number of amides is 2. The molecule has 3 heterocycles. The highest BCUT2D eigenvalue weighted by atomic mass is 32.2. The van der Waals surface area contributed by atoms with Gasteiger partial charge in [-0.25, -0.2) is 8.42 Å². The quantitative estimate of drug-likeness (QED) is 0.698. The monoisotopic (exact) mass is 485 g/mol. The second-order valence-corrected chi connectivity index (χ2v) is 10.6. The van der Waals surface area contributed by atoms with Crippen molar-refractivity contribution in [3.8, 4) is 11.5 Å². The van der Waals surface area contributed by atoms with E-state index in [1.807, 2.05) is 0 Å². The minimum absolute atomic E-state index is 0.0622. The van der Waals surface area contributed by atoms with Crippen LogP contribution in [0.3, 0.4) is 0 Å². The summed E-state index contributed by atoms with van der Waals surface area (Å²) in [5.41, 5.74) is 1.34. The largest absolute Gasteiger partial charge is 0.486 e. The smallest absolute Gasteiger partial charge is 0.243 e. The first-order chi connectivity index (χ1) is 16.4. The normalized spacial score (nSPS) is 19.3. The van der Waals surface area contributed by atoms with E-state index in [-0.39, 0.29) is 35.7 Å². The van der Waals surface area contributed by atoms with E-state index in [1.54, 1.807) is 47.4 Å². The Hall–Kier alpha value is -3.11. The van der Waals surface area contributed by atoms with Crippen molar-refractivity contribution in [3.05, 3.63) is 42.5 Å². The van der Waals surface area contributed by atoms with E-state index in [4.69, 9.17) is 9.47 Å². The van der Waals surface area contributed by atoms with Gasteiger partial charge in [-0.3, -0.25) is 9.59 Å². The van der Waals surface area contributed by atoms with Gasteiger partial charge in [0.2, 0.25) is 21.8 Å². The van der Waals surface area contributed by atoms with Crippen molar-refractivity contribution in [1.29, 1.82) is 0 Å². The van der Waals surface area contributed by atoms with Crippen LogP contribution in [0, 0.1) is 5.92 Å². The zero-order chi connectivity index (χ0) is 23.7. The average molecular weight is 486 g/mol. The number of carbonyl (C=O) groups is 2. The second-order valence-electron chi connectivity index (χ2n) is 8.67. The molecular formula is C24H27N3O6S. The van der Waals surface area contributed by atoms with Crippen LogP contribution in [0.2, 0.25) is 0 Å². The van der Waals surface area contributed by atoms with Crippen molar-refractivity contribution in [2.45, 2.75) is 30.6 Å². The molecule has 34 heavy (non-hydrogen) atoms. The molecule has 0 bridgehead atoms. The molecule has 2 amide bonds. The van der Waals surface area contributed by atoms with Gasteiger partial charge in [0.25, 0.3) is 0 Å². The molecule has 10 heteroatoms. The van der Waals surface area contributed by atoms with Gasteiger partial charge in [0, 0.05) is 49.4 Å². The maximum Gasteiger partial charge on any atom is 0.243 e. The van der Waals surface area contributed by atoms with Gasteiger partial charge in [-0.1, -0.05) is 0 Å². The minimum atomic E-state index is -3.67. The molecule has 3 aliphatic rings. The van der Waals surface area contributed by atoms with Crippen molar-refractivity contribution in [1.82, 2.24) is 4.31 Å². The number of ether oxygens (including phenoxy) is 2. The number of nitrogens with one attached hydrogen (secondary N) is 1. The standard InChI is InChI=1S/C24H27N3O6S/c28-23-2-1-11-27(23)19-4-6-20(7-5-19)34(30,31)26-12-9-17(10-13-26)24(29)25-18-3-8-21-22(16-18)33-15-14-32-21/h3-8,16-17H,1-2,9-15H2,(H,25,29). The number of sulfonamides is 1. The number of anilines is 2. The highest BCUT2D eigenvalue weighted by molar-refractivity contribution is 7.89. The Morgan fingerprint density at radius 1 is 0.941 bits per heavy atom. The molecule has 2 aromatic carbocycles. The molecule has 5 rings (SSSR count). The van der Waals surface area contributed by atoms with Gasteiger partial charge >= 0.3 is 0 Å². The molecule has 1 N–H and O–H groups in total. The van der Waals surface area contributed by atoms with Gasteiger partial charge in [-0.2, -0.15) is 4.31 Å². The predicted molar refractivity (Wildman–Crippen MR) is 126 cm³/mol. The summed E-state index contributed by atoms with van der Waals surface area (Å²) in [5.74, 6) is 0.914. The van der Waals surface area contributed by atoms with Crippen molar-refractivity contribution in [2.24, 2.45) is 5.92 Å². The number of hydrogen-bond acceptors (Lipinski definition) is 6. The number of rotatable bonds is 5. The van der Waals surface area contributed by atoms with E-state index in [2.05, 4.69) is 5.32 Å². The van der Waals surface area contributed by atoms with Gasteiger partial charge in [-0.05, 0) is 55.7 Å². The molecule has 0 aromatic heterocycles. The lowest BCUT2D eigenvalue weighted by atomic mass is 9.97.